The van der Waals surface area contributed by atoms with Crippen molar-refractivity contribution in [2.75, 3.05) is 19.5 Å². The number of carbonyl (C=O) groups excluding carboxylic acids is 1. The number of benzene rings is 1. The van der Waals surface area contributed by atoms with E-state index in [2.05, 4.69) is 10.6 Å². The summed E-state index contributed by atoms with van der Waals surface area (Å²) in [5.41, 5.74) is 0.572. The van der Waals surface area contributed by atoms with Gasteiger partial charge in [-0.15, -0.1) is 0 Å². The van der Waals surface area contributed by atoms with Crippen molar-refractivity contribution in [3.05, 3.63) is 18.2 Å². The first-order valence-electron chi connectivity index (χ1n) is 10.0. The van der Waals surface area contributed by atoms with Crippen LogP contribution in [-0.2, 0) is 0 Å². The summed E-state index contributed by atoms with van der Waals surface area (Å²) >= 11 is 0. The van der Waals surface area contributed by atoms with Crippen molar-refractivity contribution in [1.29, 1.82) is 0 Å². The number of hydrogen-bond donors (Lipinski definition) is 2. The first kappa shape index (κ1) is 20.4. The first-order chi connectivity index (χ1) is 12.7. The normalized spacial score (nSPS) is 17.5. The highest BCUT2D eigenvalue weighted by Gasteiger charge is 2.16. The number of carbonyl (C=O) groups is 1. The van der Waals surface area contributed by atoms with E-state index in [1.54, 1.807) is 14.2 Å². The van der Waals surface area contributed by atoms with Gasteiger partial charge in [0.15, 0.2) is 0 Å². The van der Waals surface area contributed by atoms with E-state index in [0.717, 1.165) is 12.8 Å². The SMILES string of the molecule is COc1cccc(OC)c1NC(=O)NC1CCCCCCCCCCC1. The molecule has 1 aliphatic carbocycles. The Bertz CT molecular complexity index is 514. The van der Waals surface area contributed by atoms with Crippen LogP contribution in [0.3, 0.4) is 0 Å². The fourth-order valence-corrected chi connectivity index (χ4v) is 3.62. The van der Waals surface area contributed by atoms with E-state index in [9.17, 15) is 4.79 Å². The third-order valence-corrected chi connectivity index (χ3v) is 5.11. The molecule has 2 N–H and O–H groups in total. The number of hydrogen-bond acceptors (Lipinski definition) is 3. The summed E-state index contributed by atoms with van der Waals surface area (Å²) in [7, 11) is 3.18. The molecule has 0 atom stereocenters. The summed E-state index contributed by atoms with van der Waals surface area (Å²) in [6.45, 7) is 0. The Balaban J connectivity index is 1.93. The molecule has 0 spiro atoms. The zero-order chi connectivity index (χ0) is 18.6. The Kier molecular flexibility index (Phi) is 9.15. The quantitative estimate of drug-likeness (QED) is 0.743. The topological polar surface area (TPSA) is 59.6 Å². The van der Waals surface area contributed by atoms with Crippen LogP contribution in [0.5, 0.6) is 11.5 Å². The summed E-state index contributed by atoms with van der Waals surface area (Å²) in [5, 5.41) is 6.08. The Morgan fingerprint density at radius 1 is 0.846 bits per heavy atom. The Morgan fingerprint density at radius 3 is 1.77 bits per heavy atom. The Hall–Kier alpha value is -1.91. The molecule has 1 aromatic carbocycles. The second-order valence-corrected chi connectivity index (χ2v) is 7.09. The number of amides is 2. The lowest BCUT2D eigenvalue weighted by Gasteiger charge is -2.21. The largest absolute Gasteiger partial charge is 0.494 e. The van der Waals surface area contributed by atoms with Crippen molar-refractivity contribution < 1.29 is 14.3 Å². The maximum absolute atomic E-state index is 12.6. The molecule has 1 fully saturated rings. The second kappa shape index (κ2) is 11.7. The summed E-state index contributed by atoms with van der Waals surface area (Å²) in [6, 6.07) is 5.51. The van der Waals surface area contributed by atoms with Gasteiger partial charge in [-0.25, -0.2) is 4.79 Å². The lowest BCUT2D eigenvalue weighted by atomic mass is 9.98. The van der Waals surface area contributed by atoms with E-state index < -0.39 is 0 Å². The number of anilines is 1. The van der Waals surface area contributed by atoms with Crippen molar-refractivity contribution in [2.24, 2.45) is 0 Å². The van der Waals surface area contributed by atoms with E-state index in [4.69, 9.17) is 9.47 Å². The average molecular weight is 363 g/mol. The lowest BCUT2D eigenvalue weighted by molar-refractivity contribution is 0.245. The average Bonchev–Trinajstić information content (AvgIpc) is 2.64. The smallest absolute Gasteiger partial charge is 0.319 e. The van der Waals surface area contributed by atoms with Crippen molar-refractivity contribution >= 4 is 11.7 Å². The van der Waals surface area contributed by atoms with Crippen molar-refractivity contribution in [3.63, 3.8) is 0 Å². The molecule has 146 valence electrons. The number of rotatable bonds is 4. The zero-order valence-electron chi connectivity index (χ0n) is 16.3. The molecule has 0 radical (unpaired) electrons. The lowest BCUT2D eigenvalue weighted by Crippen LogP contribution is -2.38. The van der Waals surface area contributed by atoms with Gasteiger partial charge in [0, 0.05) is 6.04 Å². The van der Waals surface area contributed by atoms with Crippen LogP contribution >= 0.6 is 0 Å². The summed E-state index contributed by atoms with van der Waals surface area (Å²) in [5.74, 6) is 1.19. The maximum Gasteiger partial charge on any atom is 0.319 e. The van der Waals surface area contributed by atoms with Crippen LogP contribution in [-0.4, -0.2) is 26.3 Å². The molecule has 5 nitrogen and oxygen atoms in total. The molecule has 26 heavy (non-hydrogen) atoms. The van der Waals surface area contributed by atoms with Crippen molar-refractivity contribution in [1.82, 2.24) is 5.32 Å². The minimum Gasteiger partial charge on any atom is -0.494 e. The molecule has 1 aliphatic rings. The van der Waals surface area contributed by atoms with E-state index in [1.807, 2.05) is 18.2 Å². The molecule has 0 unspecified atom stereocenters. The molecule has 0 aromatic heterocycles. The molecule has 0 aliphatic heterocycles. The van der Waals surface area contributed by atoms with Gasteiger partial charge < -0.3 is 20.1 Å². The van der Waals surface area contributed by atoms with Gasteiger partial charge in [0.2, 0.25) is 0 Å². The fourth-order valence-electron chi connectivity index (χ4n) is 3.62. The number of nitrogens with one attached hydrogen (secondary N) is 2. The van der Waals surface area contributed by atoms with Gasteiger partial charge in [-0.3, -0.25) is 0 Å². The van der Waals surface area contributed by atoms with Crippen LogP contribution in [0.15, 0.2) is 18.2 Å². The van der Waals surface area contributed by atoms with Gasteiger partial charge >= 0.3 is 6.03 Å². The number of ether oxygens (including phenoxy) is 2. The molecule has 0 heterocycles. The van der Waals surface area contributed by atoms with Crippen molar-refractivity contribution in [3.8, 4) is 11.5 Å². The molecule has 2 rings (SSSR count). The van der Waals surface area contributed by atoms with Crippen LogP contribution in [0.1, 0.15) is 70.6 Å². The number of para-hydroxylation sites is 1. The van der Waals surface area contributed by atoms with Gasteiger partial charge in [-0.2, -0.15) is 0 Å². The molecular weight excluding hydrogens is 328 g/mol. The summed E-state index contributed by atoms with van der Waals surface area (Å²) in [4.78, 5) is 12.6. The Morgan fingerprint density at radius 2 is 1.31 bits per heavy atom. The van der Waals surface area contributed by atoms with Crippen molar-refractivity contribution in [2.45, 2.75) is 76.7 Å². The predicted molar refractivity (Wildman–Crippen MR) is 106 cm³/mol. The van der Waals surface area contributed by atoms with Crippen LogP contribution in [0.25, 0.3) is 0 Å². The van der Waals surface area contributed by atoms with Gasteiger partial charge in [0.25, 0.3) is 0 Å². The Labute approximate surface area is 157 Å². The number of methoxy groups -OCH3 is 2. The molecular formula is C21H34N2O3. The number of urea groups is 1. The van der Waals surface area contributed by atoms with Gasteiger partial charge in [-0.1, -0.05) is 63.9 Å². The molecule has 0 saturated heterocycles. The van der Waals surface area contributed by atoms with E-state index in [1.165, 1.54) is 57.8 Å². The molecule has 2 amide bonds. The first-order valence-corrected chi connectivity index (χ1v) is 10.0. The van der Waals surface area contributed by atoms with Gasteiger partial charge in [0.1, 0.15) is 17.2 Å². The minimum absolute atomic E-state index is 0.190. The molecule has 1 aromatic rings. The highest BCUT2D eigenvalue weighted by Crippen LogP contribution is 2.34. The fraction of sp³-hybridized carbons (Fsp3) is 0.667. The van der Waals surface area contributed by atoms with E-state index in [-0.39, 0.29) is 12.1 Å². The highest BCUT2D eigenvalue weighted by atomic mass is 16.5. The third-order valence-electron chi connectivity index (χ3n) is 5.11. The van der Waals surface area contributed by atoms with E-state index in [0.29, 0.717) is 17.2 Å². The van der Waals surface area contributed by atoms with Crippen LogP contribution in [0, 0.1) is 0 Å². The summed E-state index contributed by atoms with van der Waals surface area (Å²) in [6.07, 6.45) is 13.7. The minimum atomic E-state index is -0.190. The standard InChI is InChI=1S/C21H34N2O3/c1-25-18-15-12-16-19(26-2)20(18)23-21(24)22-17-13-10-8-6-4-3-5-7-9-11-14-17/h12,15-17H,3-11,13-14H2,1-2H3,(H2,22,23,24). The predicted octanol–water partition coefficient (Wildman–Crippen LogP) is 5.50. The monoisotopic (exact) mass is 362 g/mol. The molecule has 1 saturated carbocycles. The summed E-state index contributed by atoms with van der Waals surface area (Å²) < 4.78 is 10.7. The van der Waals surface area contributed by atoms with Gasteiger partial charge in [-0.05, 0) is 25.0 Å². The second-order valence-electron chi connectivity index (χ2n) is 7.09. The highest BCUT2D eigenvalue weighted by molar-refractivity contribution is 5.93. The van der Waals surface area contributed by atoms with Crippen LogP contribution in [0.2, 0.25) is 0 Å². The maximum atomic E-state index is 12.6. The van der Waals surface area contributed by atoms with Gasteiger partial charge in [0.05, 0.1) is 14.2 Å². The van der Waals surface area contributed by atoms with Crippen LogP contribution in [0.4, 0.5) is 10.5 Å². The molecule has 0 bridgehead atoms. The zero-order valence-corrected chi connectivity index (χ0v) is 16.3. The van der Waals surface area contributed by atoms with E-state index >= 15 is 0 Å². The van der Waals surface area contributed by atoms with Crippen LogP contribution < -0.4 is 20.1 Å². The molecule has 5 heteroatoms. The third kappa shape index (κ3) is 6.77.